The molecule has 156 valence electrons. The van der Waals surface area contributed by atoms with Gasteiger partial charge in [0.1, 0.15) is 0 Å². The van der Waals surface area contributed by atoms with E-state index in [1.54, 1.807) is 0 Å². The molecule has 1 N–H and O–H groups in total. The average Bonchev–Trinajstić information content (AvgIpc) is 2.41. The van der Waals surface area contributed by atoms with Crippen molar-refractivity contribution < 1.29 is 74.4 Å². The first kappa shape index (κ1) is 23.0. The molecule has 0 aromatic rings. The molecule has 0 aromatic heterocycles. The Morgan fingerprint density at radius 2 is 0.962 bits per heavy atom. The van der Waals surface area contributed by atoms with Crippen molar-refractivity contribution in [3.05, 3.63) is 0 Å². The summed E-state index contributed by atoms with van der Waals surface area (Å²) >= 11 is 0. The molecule has 0 atom stereocenters. The first-order chi connectivity index (χ1) is 10.9. The smallest absolute Gasteiger partial charge is 0.281 e. The fourth-order valence-electron chi connectivity index (χ4n) is 2.10. The van der Waals surface area contributed by atoms with Crippen molar-refractivity contribution in [2.75, 3.05) is 0 Å². The van der Waals surface area contributed by atoms with Crippen molar-refractivity contribution in [1.82, 2.24) is 0 Å². The van der Waals surface area contributed by atoms with Gasteiger partial charge in [-0.05, 0) is 0 Å². The molecule has 0 heterocycles. The maximum Gasteiger partial charge on any atom is 0.415 e. The van der Waals surface area contributed by atoms with Gasteiger partial charge in [-0.3, -0.25) is 4.55 Å². The Bertz CT molecular complexity index is 669. The van der Waals surface area contributed by atoms with Gasteiger partial charge in [-0.2, -0.15) is 52.3 Å². The summed E-state index contributed by atoms with van der Waals surface area (Å²) in [6, 6.07) is 0. The lowest BCUT2D eigenvalue weighted by Gasteiger charge is -2.55. The number of halogens is 14. The summed E-state index contributed by atoms with van der Waals surface area (Å²) in [5.74, 6) is -32.4. The third-order valence-electron chi connectivity index (χ3n) is 3.59. The topological polar surface area (TPSA) is 54.4 Å². The van der Waals surface area contributed by atoms with Gasteiger partial charge >= 0.3 is 50.4 Å². The zero-order valence-corrected chi connectivity index (χ0v) is 11.9. The number of hydrogen-bond donors (Lipinski definition) is 1. The number of hydrogen-bond acceptors (Lipinski definition) is 2. The van der Waals surface area contributed by atoms with Crippen molar-refractivity contribution in [2.24, 2.45) is 0 Å². The molecule has 0 aliphatic heterocycles. The fraction of sp³-hybridized carbons (Fsp3) is 1.00. The Kier molecular flexibility index (Phi) is 4.46. The predicted octanol–water partition coefficient (Wildman–Crippen LogP) is 3.70. The molecule has 0 spiro atoms. The van der Waals surface area contributed by atoms with E-state index in [1.165, 1.54) is 0 Å². The van der Waals surface area contributed by atoms with Crippen LogP contribution in [0.25, 0.3) is 0 Å². The van der Waals surface area contributed by atoms with E-state index < -0.39 is 56.8 Å². The van der Waals surface area contributed by atoms with Crippen LogP contribution in [0.15, 0.2) is 0 Å². The van der Waals surface area contributed by atoms with E-state index in [0.29, 0.717) is 0 Å². The average molecular weight is 444 g/mol. The molecule has 1 aliphatic carbocycles. The Labute approximate surface area is 132 Å². The van der Waals surface area contributed by atoms with E-state index in [9.17, 15) is 69.9 Å². The molecule has 0 saturated heterocycles. The van der Waals surface area contributed by atoms with Crippen LogP contribution in [0, 0.1) is 0 Å². The highest BCUT2D eigenvalue weighted by Gasteiger charge is 3.06. The van der Waals surface area contributed by atoms with Gasteiger partial charge in [0.05, 0.1) is 0 Å². The van der Waals surface area contributed by atoms with Crippen LogP contribution < -0.4 is 0 Å². The third kappa shape index (κ3) is 1.86. The van der Waals surface area contributed by atoms with Gasteiger partial charge in [-0.15, -0.1) is 0 Å². The maximum atomic E-state index is 13.8. The van der Waals surface area contributed by atoms with Crippen LogP contribution >= 0.6 is 0 Å². The Morgan fingerprint density at radius 1 is 0.692 bits per heavy atom. The van der Waals surface area contributed by atoms with Crippen LogP contribution in [0.4, 0.5) is 61.5 Å². The molecule has 1 fully saturated rings. The third-order valence-corrected chi connectivity index (χ3v) is 4.52. The standard InChI is InChI=1S/C8H2F14O3S/c9-1(10)2(11)4(13,14)6(17,18)3(12,7(19,20)5(2,15)16)8(21,22)26(23,24)25/h1H,(H,23,24,25). The minimum atomic E-state index is -8.25. The summed E-state index contributed by atoms with van der Waals surface area (Å²) in [4.78, 5) is 0. The molecule has 0 amide bonds. The molecule has 0 radical (unpaired) electrons. The van der Waals surface area contributed by atoms with Crippen LogP contribution in [0.3, 0.4) is 0 Å². The zero-order valence-electron chi connectivity index (χ0n) is 11.0. The second kappa shape index (κ2) is 5.05. The lowest BCUT2D eigenvalue weighted by molar-refractivity contribution is -0.488. The van der Waals surface area contributed by atoms with Gasteiger partial charge in [-0.25, -0.2) is 17.6 Å². The van der Waals surface area contributed by atoms with Gasteiger partial charge in [-0.1, -0.05) is 0 Å². The van der Waals surface area contributed by atoms with Crippen molar-refractivity contribution in [3.8, 4) is 0 Å². The highest BCUT2D eigenvalue weighted by Crippen LogP contribution is 2.73. The molecule has 18 heteroatoms. The summed E-state index contributed by atoms with van der Waals surface area (Å²) in [7, 11) is -7.91. The van der Waals surface area contributed by atoms with E-state index in [-0.39, 0.29) is 0 Å². The van der Waals surface area contributed by atoms with E-state index in [1.807, 2.05) is 0 Å². The first-order valence-corrected chi connectivity index (χ1v) is 6.90. The van der Waals surface area contributed by atoms with Crippen molar-refractivity contribution in [2.45, 2.75) is 46.7 Å². The van der Waals surface area contributed by atoms with E-state index in [2.05, 4.69) is 0 Å². The summed E-state index contributed by atoms with van der Waals surface area (Å²) < 4.78 is 213. The Hall–Kier alpha value is -1.07. The van der Waals surface area contributed by atoms with Crippen LogP contribution in [0.5, 0.6) is 0 Å². The number of rotatable bonds is 3. The molecule has 0 bridgehead atoms. The highest BCUT2D eigenvalue weighted by atomic mass is 32.2. The maximum absolute atomic E-state index is 13.8. The summed E-state index contributed by atoms with van der Waals surface area (Å²) in [6.07, 6.45) is -6.12. The second-order valence-corrected chi connectivity index (χ2v) is 6.42. The van der Waals surface area contributed by atoms with E-state index >= 15 is 0 Å². The van der Waals surface area contributed by atoms with Crippen LogP contribution in [-0.4, -0.2) is 59.7 Å². The van der Waals surface area contributed by atoms with E-state index in [0.717, 1.165) is 0 Å². The Morgan fingerprint density at radius 3 is 1.15 bits per heavy atom. The minimum Gasteiger partial charge on any atom is -0.281 e. The van der Waals surface area contributed by atoms with Gasteiger partial charge in [0.2, 0.25) is 0 Å². The normalized spacial score (nSPS) is 36.2. The van der Waals surface area contributed by atoms with Gasteiger partial charge in [0.15, 0.2) is 0 Å². The Balaban J connectivity index is 4.19. The largest absolute Gasteiger partial charge is 0.415 e. The molecular formula is C8H2F14O3S. The molecule has 0 aromatic carbocycles. The minimum absolute atomic E-state index is 6.12. The van der Waals surface area contributed by atoms with Crippen LogP contribution in [0.1, 0.15) is 0 Å². The van der Waals surface area contributed by atoms with Crippen molar-refractivity contribution in [3.63, 3.8) is 0 Å². The van der Waals surface area contributed by atoms with Gasteiger partial charge in [0.25, 0.3) is 6.43 Å². The summed E-state index contributed by atoms with van der Waals surface area (Å²) in [6.45, 7) is 0. The second-order valence-electron chi connectivity index (χ2n) is 4.96. The molecule has 1 saturated carbocycles. The quantitative estimate of drug-likeness (QED) is 0.534. The highest BCUT2D eigenvalue weighted by molar-refractivity contribution is 7.87. The van der Waals surface area contributed by atoms with E-state index in [4.69, 9.17) is 4.55 Å². The lowest BCUT2D eigenvalue weighted by Crippen LogP contribution is -2.89. The monoisotopic (exact) mass is 444 g/mol. The summed E-state index contributed by atoms with van der Waals surface area (Å²) in [5.41, 5.74) is -15.9. The SMILES string of the molecule is O=S(=O)(O)C(F)(F)C1(F)C(F)(F)C(F)(F)C(F)(C(F)F)C(F)(F)C1(F)F. The fourth-order valence-corrected chi connectivity index (χ4v) is 2.71. The van der Waals surface area contributed by atoms with Crippen LogP contribution in [-0.2, 0) is 10.1 Å². The number of alkyl halides is 14. The molecule has 3 nitrogen and oxygen atoms in total. The molecule has 1 rings (SSSR count). The van der Waals surface area contributed by atoms with Gasteiger partial charge in [0, 0.05) is 0 Å². The lowest BCUT2D eigenvalue weighted by atomic mass is 9.67. The van der Waals surface area contributed by atoms with Gasteiger partial charge < -0.3 is 0 Å². The summed E-state index contributed by atoms with van der Waals surface area (Å²) in [5, 5.41) is -7.83. The van der Waals surface area contributed by atoms with Crippen LogP contribution in [0.2, 0.25) is 0 Å². The molecule has 0 unspecified atom stereocenters. The zero-order chi connectivity index (χ0) is 21.6. The molecule has 26 heavy (non-hydrogen) atoms. The van der Waals surface area contributed by atoms with Crippen molar-refractivity contribution >= 4 is 10.1 Å². The molecule has 1 aliphatic rings. The first-order valence-electron chi connectivity index (χ1n) is 5.46. The van der Waals surface area contributed by atoms with Crippen molar-refractivity contribution in [1.29, 1.82) is 0 Å². The molecular weight excluding hydrogens is 442 g/mol. The predicted molar refractivity (Wildman–Crippen MR) is 50.0 cm³/mol.